The highest BCUT2D eigenvalue weighted by Crippen LogP contribution is 2.16. The number of carbonyl (C=O) groups is 1. The molecule has 0 N–H and O–H groups in total. The van der Waals surface area contributed by atoms with Crippen LogP contribution in [0.15, 0.2) is 24.5 Å². The molecule has 3 rings (SSSR count). The minimum Gasteiger partial charge on any atom is -0.339 e. The number of rotatable bonds is 2. The first kappa shape index (κ1) is 16.0. The molecule has 0 radical (unpaired) electrons. The van der Waals surface area contributed by atoms with Gasteiger partial charge in [-0.2, -0.15) is 0 Å². The number of imidazole rings is 1. The van der Waals surface area contributed by atoms with E-state index in [-0.39, 0.29) is 29.9 Å². The monoisotopic (exact) mass is 335 g/mol. The molecule has 23 heavy (non-hydrogen) atoms. The van der Waals surface area contributed by atoms with Crippen LogP contribution in [0.25, 0.3) is 5.65 Å². The second kappa shape index (κ2) is 5.96. The van der Waals surface area contributed by atoms with Crippen molar-refractivity contribution in [1.29, 1.82) is 0 Å². The third-order valence-corrected chi connectivity index (χ3v) is 6.24. The summed E-state index contributed by atoms with van der Waals surface area (Å²) in [6, 6.07) is 3.63. The van der Waals surface area contributed by atoms with E-state index in [0.29, 0.717) is 13.0 Å². The van der Waals surface area contributed by atoms with Crippen LogP contribution in [0.5, 0.6) is 0 Å². The summed E-state index contributed by atoms with van der Waals surface area (Å²) in [5.41, 5.74) is 2.73. The summed E-state index contributed by atoms with van der Waals surface area (Å²) in [6.45, 7) is 4.28. The molecule has 1 aliphatic heterocycles. The third-order valence-electron chi connectivity index (χ3n) is 4.34. The van der Waals surface area contributed by atoms with E-state index in [0.717, 1.165) is 16.9 Å². The molecule has 1 saturated heterocycles. The van der Waals surface area contributed by atoms with Gasteiger partial charge in [-0.15, -0.1) is 0 Å². The lowest BCUT2D eigenvalue weighted by Crippen LogP contribution is -2.41. The van der Waals surface area contributed by atoms with Crippen molar-refractivity contribution in [2.24, 2.45) is 0 Å². The molecule has 7 heteroatoms. The van der Waals surface area contributed by atoms with Crippen LogP contribution >= 0.6 is 0 Å². The molecule has 3 heterocycles. The molecule has 0 spiro atoms. The van der Waals surface area contributed by atoms with Gasteiger partial charge in [-0.3, -0.25) is 4.79 Å². The number of carbonyl (C=O) groups excluding carboxylic acids is 1. The standard InChI is InChI=1S/C16H21N3O3S/c1-12-5-3-6-19-14(10-17-16(12)19)9-15(20)18-7-4-8-23(21,22)11-13(18)2/h3,5-6,10,13H,4,7-9,11H2,1-2H3. The van der Waals surface area contributed by atoms with Crippen LogP contribution in [0, 0.1) is 6.92 Å². The van der Waals surface area contributed by atoms with Crippen LogP contribution in [0.3, 0.4) is 0 Å². The van der Waals surface area contributed by atoms with Crippen LogP contribution in [0.2, 0.25) is 0 Å². The molecule has 0 aliphatic carbocycles. The number of fused-ring (bicyclic) bond motifs is 1. The summed E-state index contributed by atoms with van der Waals surface area (Å²) >= 11 is 0. The summed E-state index contributed by atoms with van der Waals surface area (Å²) in [6.07, 6.45) is 4.35. The van der Waals surface area contributed by atoms with Gasteiger partial charge in [-0.05, 0) is 31.9 Å². The number of aromatic nitrogens is 2. The highest BCUT2D eigenvalue weighted by molar-refractivity contribution is 7.91. The fourth-order valence-electron chi connectivity index (χ4n) is 3.18. The first-order chi connectivity index (χ1) is 10.9. The Morgan fingerprint density at radius 2 is 2.22 bits per heavy atom. The summed E-state index contributed by atoms with van der Waals surface area (Å²) in [4.78, 5) is 18.7. The zero-order valence-corrected chi connectivity index (χ0v) is 14.2. The SMILES string of the molecule is Cc1cccn2c(CC(=O)N3CCCS(=O)(=O)CC3C)cnc12. The molecular weight excluding hydrogens is 314 g/mol. The summed E-state index contributed by atoms with van der Waals surface area (Å²) in [5, 5.41) is 0. The molecular formula is C16H21N3O3S. The van der Waals surface area contributed by atoms with Crippen molar-refractivity contribution in [3.8, 4) is 0 Å². The first-order valence-corrected chi connectivity index (χ1v) is 9.61. The van der Waals surface area contributed by atoms with Gasteiger partial charge in [-0.25, -0.2) is 13.4 Å². The van der Waals surface area contributed by atoms with Crippen molar-refractivity contribution in [1.82, 2.24) is 14.3 Å². The molecule has 124 valence electrons. The Kier molecular flexibility index (Phi) is 4.14. The van der Waals surface area contributed by atoms with E-state index in [1.807, 2.05) is 29.7 Å². The van der Waals surface area contributed by atoms with E-state index in [2.05, 4.69) is 4.98 Å². The Hall–Kier alpha value is -1.89. The largest absolute Gasteiger partial charge is 0.339 e. The predicted octanol–water partition coefficient (Wildman–Crippen LogP) is 1.22. The molecule has 2 aromatic heterocycles. The maximum absolute atomic E-state index is 12.7. The quantitative estimate of drug-likeness (QED) is 0.827. The van der Waals surface area contributed by atoms with E-state index < -0.39 is 9.84 Å². The van der Waals surface area contributed by atoms with Crippen molar-refractivity contribution in [2.75, 3.05) is 18.1 Å². The van der Waals surface area contributed by atoms with E-state index in [1.54, 1.807) is 18.0 Å². The third kappa shape index (κ3) is 3.24. The topological polar surface area (TPSA) is 71.8 Å². The first-order valence-electron chi connectivity index (χ1n) is 7.79. The van der Waals surface area contributed by atoms with Crippen LogP contribution in [-0.4, -0.2) is 52.7 Å². The van der Waals surface area contributed by atoms with Crippen molar-refractivity contribution in [2.45, 2.75) is 32.7 Å². The van der Waals surface area contributed by atoms with Gasteiger partial charge < -0.3 is 9.30 Å². The molecule has 6 nitrogen and oxygen atoms in total. The Morgan fingerprint density at radius 1 is 1.43 bits per heavy atom. The van der Waals surface area contributed by atoms with Crippen molar-refractivity contribution < 1.29 is 13.2 Å². The highest BCUT2D eigenvalue weighted by atomic mass is 32.2. The van der Waals surface area contributed by atoms with E-state index in [9.17, 15) is 13.2 Å². The van der Waals surface area contributed by atoms with Crippen molar-refractivity contribution >= 4 is 21.4 Å². The molecule has 1 unspecified atom stereocenters. The molecule has 0 saturated carbocycles. The van der Waals surface area contributed by atoms with Gasteiger partial charge in [0, 0.05) is 25.0 Å². The number of nitrogens with zero attached hydrogens (tertiary/aromatic N) is 3. The van der Waals surface area contributed by atoms with Gasteiger partial charge >= 0.3 is 0 Å². The van der Waals surface area contributed by atoms with E-state index >= 15 is 0 Å². The Bertz CT molecular complexity index is 841. The van der Waals surface area contributed by atoms with Crippen LogP contribution in [0.4, 0.5) is 0 Å². The molecule has 1 fully saturated rings. The lowest BCUT2D eigenvalue weighted by molar-refractivity contribution is -0.132. The zero-order chi connectivity index (χ0) is 16.6. The van der Waals surface area contributed by atoms with Crippen molar-refractivity contribution in [3.05, 3.63) is 35.8 Å². The summed E-state index contributed by atoms with van der Waals surface area (Å²) in [7, 11) is -3.05. The zero-order valence-electron chi connectivity index (χ0n) is 13.4. The molecule has 0 bridgehead atoms. The Morgan fingerprint density at radius 3 is 3.00 bits per heavy atom. The molecule has 1 aliphatic rings. The average Bonchev–Trinajstić information content (AvgIpc) is 2.81. The van der Waals surface area contributed by atoms with Crippen molar-refractivity contribution in [3.63, 3.8) is 0 Å². The minimum absolute atomic E-state index is 0.0436. The van der Waals surface area contributed by atoms with Gasteiger partial charge in [-0.1, -0.05) is 6.07 Å². The molecule has 1 amide bonds. The van der Waals surface area contributed by atoms with E-state index in [1.165, 1.54) is 0 Å². The fourth-order valence-corrected chi connectivity index (χ4v) is 4.83. The fraction of sp³-hybridized carbons (Fsp3) is 0.500. The second-order valence-corrected chi connectivity index (χ2v) is 8.44. The highest BCUT2D eigenvalue weighted by Gasteiger charge is 2.29. The van der Waals surface area contributed by atoms with Gasteiger partial charge in [0.1, 0.15) is 5.65 Å². The minimum atomic E-state index is -3.05. The lowest BCUT2D eigenvalue weighted by atomic mass is 10.2. The lowest BCUT2D eigenvalue weighted by Gasteiger charge is -2.26. The number of hydrogen-bond acceptors (Lipinski definition) is 4. The smallest absolute Gasteiger partial charge is 0.228 e. The summed E-state index contributed by atoms with van der Waals surface area (Å²) in [5.74, 6) is 0.166. The number of pyridine rings is 1. The molecule has 1 atom stereocenters. The van der Waals surface area contributed by atoms with Crippen LogP contribution in [0.1, 0.15) is 24.6 Å². The van der Waals surface area contributed by atoms with E-state index in [4.69, 9.17) is 0 Å². The number of sulfone groups is 1. The molecule has 2 aromatic rings. The Balaban J connectivity index is 1.82. The Labute approximate surface area is 136 Å². The van der Waals surface area contributed by atoms with Gasteiger partial charge in [0.2, 0.25) is 5.91 Å². The predicted molar refractivity (Wildman–Crippen MR) is 88.1 cm³/mol. The van der Waals surface area contributed by atoms with Crippen LogP contribution in [-0.2, 0) is 21.1 Å². The maximum atomic E-state index is 12.7. The summed E-state index contributed by atoms with van der Waals surface area (Å²) < 4.78 is 25.6. The maximum Gasteiger partial charge on any atom is 0.228 e. The van der Waals surface area contributed by atoms with Gasteiger partial charge in [0.15, 0.2) is 9.84 Å². The number of amides is 1. The number of hydrogen-bond donors (Lipinski definition) is 0. The normalized spacial score (nSPS) is 21.3. The average molecular weight is 335 g/mol. The van der Waals surface area contributed by atoms with Gasteiger partial charge in [0.25, 0.3) is 0 Å². The molecule has 0 aromatic carbocycles. The van der Waals surface area contributed by atoms with Gasteiger partial charge in [0.05, 0.1) is 23.6 Å². The number of aryl methyl sites for hydroxylation is 1. The van der Waals surface area contributed by atoms with Crippen LogP contribution < -0.4 is 0 Å². The second-order valence-electron chi connectivity index (χ2n) is 6.22.